The summed E-state index contributed by atoms with van der Waals surface area (Å²) in [6, 6.07) is 2.26. The molecule has 19 heavy (non-hydrogen) atoms. The van der Waals surface area contributed by atoms with E-state index in [1.54, 1.807) is 12.3 Å². The van der Waals surface area contributed by atoms with Gasteiger partial charge in [0.05, 0.1) is 19.9 Å². The molecule has 2 aliphatic rings. The van der Waals surface area contributed by atoms with Crippen LogP contribution in [0.25, 0.3) is 0 Å². The minimum atomic E-state index is -0.318. The number of nitrogens with one attached hydrogen (secondary N) is 1. The molecule has 0 amide bonds. The zero-order valence-corrected chi connectivity index (χ0v) is 11.2. The summed E-state index contributed by atoms with van der Waals surface area (Å²) in [6.45, 7) is 3.92. The predicted octanol–water partition coefficient (Wildman–Crippen LogP) is 1.25. The minimum absolute atomic E-state index is 0.318. The van der Waals surface area contributed by atoms with E-state index in [0.717, 1.165) is 31.3 Å². The SMILES string of the molecule is COC(=O)c1ccoc1CN1CCCC2CNCC21. The van der Waals surface area contributed by atoms with Crippen LogP contribution < -0.4 is 5.32 Å². The van der Waals surface area contributed by atoms with Crippen LogP contribution in [0, 0.1) is 5.92 Å². The quantitative estimate of drug-likeness (QED) is 0.833. The Bertz CT molecular complexity index is 457. The number of likely N-dealkylation sites (tertiary alicyclic amines) is 1. The largest absolute Gasteiger partial charge is 0.467 e. The molecule has 0 spiro atoms. The van der Waals surface area contributed by atoms with E-state index in [0.29, 0.717) is 18.2 Å². The molecule has 2 atom stereocenters. The lowest BCUT2D eigenvalue weighted by molar-refractivity contribution is 0.0591. The van der Waals surface area contributed by atoms with Crippen LogP contribution in [-0.2, 0) is 11.3 Å². The third-order valence-electron chi connectivity index (χ3n) is 4.29. The van der Waals surface area contributed by atoms with Crippen molar-refractivity contribution in [1.82, 2.24) is 10.2 Å². The molecular weight excluding hydrogens is 244 g/mol. The van der Waals surface area contributed by atoms with Crippen LogP contribution in [0.3, 0.4) is 0 Å². The second-order valence-corrected chi connectivity index (χ2v) is 5.35. The average Bonchev–Trinajstić information content (AvgIpc) is 3.06. The summed E-state index contributed by atoms with van der Waals surface area (Å²) >= 11 is 0. The molecule has 1 aromatic heterocycles. The number of hydrogen-bond acceptors (Lipinski definition) is 5. The Morgan fingerprint density at radius 3 is 3.32 bits per heavy atom. The average molecular weight is 264 g/mol. The van der Waals surface area contributed by atoms with Gasteiger partial charge in [0.2, 0.25) is 0 Å². The van der Waals surface area contributed by atoms with Gasteiger partial charge in [0.25, 0.3) is 0 Å². The monoisotopic (exact) mass is 264 g/mol. The molecular formula is C14H20N2O3. The first-order chi connectivity index (χ1) is 9.29. The Balaban J connectivity index is 1.74. The molecule has 3 heterocycles. The highest BCUT2D eigenvalue weighted by molar-refractivity contribution is 5.90. The molecule has 0 bridgehead atoms. The molecule has 0 saturated carbocycles. The summed E-state index contributed by atoms with van der Waals surface area (Å²) in [4.78, 5) is 14.1. The summed E-state index contributed by atoms with van der Waals surface area (Å²) in [6.07, 6.45) is 4.09. The maximum Gasteiger partial charge on any atom is 0.341 e. The third kappa shape index (κ3) is 2.40. The topological polar surface area (TPSA) is 54.7 Å². The Labute approximate surface area is 112 Å². The Hall–Kier alpha value is -1.33. The first-order valence-electron chi connectivity index (χ1n) is 6.89. The predicted molar refractivity (Wildman–Crippen MR) is 69.8 cm³/mol. The van der Waals surface area contributed by atoms with Crippen LogP contribution in [-0.4, -0.2) is 43.7 Å². The molecule has 0 aromatic carbocycles. The van der Waals surface area contributed by atoms with Gasteiger partial charge in [-0.2, -0.15) is 0 Å². The van der Waals surface area contributed by atoms with Crippen molar-refractivity contribution in [1.29, 1.82) is 0 Å². The molecule has 3 rings (SSSR count). The summed E-state index contributed by atoms with van der Waals surface area (Å²) in [5, 5.41) is 3.46. The standard InChI is InChI=1S/C14H20N2O3/c1-18-14(17)11-4-6-19-13(11)9-16-5-2-3-10-7-15-8-12(10)16/h4,6,10,12,15H,2-3,5,7-9H2,1H3. The number of carbonyl (C=O) groups excluding carboxylic acids is 1. The first kappa shape index (κ1) is 12.7. The second kappa shape index (κ2) is 5.35. The molecule has 0 radical (unpaired) electrons. The van der Waals surface area contributed by atoms with Gasteiger partial charge in [-0.05, 0) is 37.9 Å². The van der Waals surface area contributed by atoms with E-state index in [4.69, 9.17) is 9.15 Å². The fourth-order valence-corrected chi connectivity index (χ4v) is 3.30. The van der Waals surface area contributed by atoms with Gasteiger partial charge in [0.15, 0.2) is 0 Å². The van der Waals surface area contributed by atoms with E-state index >= 15 is 0 Å². The van der Waals surface area contributed by atoms with Gasteiger partial charge in [-0.1, -0.05) is 0 Å². The molecule has 104 valence electrons. The number of esters is 1. The van der Waals surface area contributed by atoms with E-state index in [2.05, 4.69) is 10.2 Å². The van der Waals surface area contributed by atoms with Crippen LogP contribution in [0.5, 0.6) is 0 Å². The van der Waals surface area contributed by atoms with Crippen molar-refractivity contribution in [3.8, 4) is 0 Å². The molecule has 0 aliphatic carbocycles. The van der Waals surface area contributed by atoms with Crippen LogP contribution in [0.1, 0.15) is 29.0 Å². The van der Waals surface area contributed by atoms with Gasteiger partial charge in [-0.25, -0.2) is 4.79 Å². The Morgan fingerprint density at radius 1 is 1.58 bits per heavy atom. The van der Waals surface area contributed by atoms with E-state index in [-0.39, 0.29) is 5.97 Å². The van der Waals surface area contributed by atoms with E-state index in [1.165, 1.54) is 20.0 Å². The number of methoxy groups -OCH3 is 1. The fourth-order valence-electron chi connectivity index (χ4n) is 3.30. The normalized spacial score (nSPS) is 27.2. The number of nitrogens with zero attached hydrogens (tertiary/aromatic N) is 1. The van der Waals surface area contributed by atoms with Crippen molar-refractivity contribution in [2.45, 2.75) is 25.4 Å². The van der Waals surface area contributed by atoms with Crippen molar-refractivity contribution in [2.75, 3.05) is 26.7 Å². The molecule has 2 fully saturated rings. The zero-order valence-electron chi connectivity index (χ0n) is 11.2. The summed E-state index contributed by atoms with van der Waals surface area (Å²) < 4.78 is 10.3. The first-order valence-corrected chi connectivity index (χ1v) is 6.89. The number of ether oxygens (including phenoxy) is 1. The van der Waals surface area contributed by atoms with Crippen molar-refractivity contribution in [2.24, 2.45) is 5.92 Å². The minimum Gasteiger partial charge on any atom is -0.467 e. The van der Waals surface area contributed by atoms with Crippen molar-refractivity contribution < 1.29 is 13.9 Å². The summed E-state index contributed by atoms with van der Waals surface area (Å²) in [7, 11) is 1.40. The van der Waals surface area contributed by atoms with Crippen molar-refractivity contribution in [3.05, 3.63) is 23.7 Å². The molecule has 2 saturated heterocycles. The van der Waals surface area contributed by atoms with Gasteiger partial charge >= 0.3 is 5.97 Å². The molecule has 2 aliphatic heterocycles. The molecule has 5 heteroatoms. The Morgan fingerprint density at radius 2 is 2.47 bits per heavy atom. The molecule has 5 nitrogen and oxygen atoms in total. The smallest absolute Gasteiger partial charge is 0.341 e. The van der Waals surface area contributed by atoms with Gasteiger partial charge < -0.3 is 14.5 Å². The molecule has 1 aromatic rings. The van der Waals surface area contributed by atoms with E-state index < -0.39 is 0 Å². The van der Waals surface area contributed by atoms with E-state index in [9.17, 15) is 4.79 Å². The van der Waals surface area contributed by atoms with Gasteiger partial charge in [-0.3, -0.25) is 4.90 Å². The summed E-state index contributed by atoms with van der Waals surface area (Å²) in [5.41, 5.74) is 0.551. The maximum atomic E-state index is 11.7. The van der Waals surface area contributed by atoms with E-state index in [1.807, 2.05) is 0 Å². The number of furan rings is 1. The van der Waals surface area contributed by atoms with Gasteiger partial charge in [-0.15, -0.1) is 0 Å². The highest BCUT2D eigenvalue weighted by atomic mass is 16.5. The fraction of sp³-hybridized carbons (Fsp3) is 0.643. The molecule has 1 N–H and O–H groups in total. The number of carbonyl (C=O) groups is 1. The lowest BCUT2D eigenvalue weighted by atomic mass is 9.92. The van der Waals surface area contributed by atoms with Gasteiger partial charge in [0, 0.05) is 12.6 Å². The molecule has 2 unspecified atom stereocenters. The number of hydrogen-bond donors (Lipinski definition) is 1. The lowest BCUT2D eigenvalue weighted by Crippen LogP contribution is -2.44. The second-order valence-electron chi connectivity index (χ2n) is 5.35. The van der Waals surface area contributed by atoms with Crippen molar-refractivity contribution in [3.63, 3.8) is 0 Å². The Kier molecular flexibility index (Phi) is 3.57. The van der Waals surface area contributed by atoms with Crippen LogP contribution >= 0.6 is 0 Å². The summed E-state index contributed by atoms with van der Waals surface area (Å²) in [5.74, 6) is 1.14. The zero-order chi connectivity index (χ0) is 13.2. The third-order valence-corrected chi connectivity index (χ3v) is 4.29. The number of rotatable bonds is 3. The highest BCUT2D eigenvalue weighted by Gasteiger charge is 2.35. The highest BCUT2D eigenvalue weighted by Crippen LogP contribution is 2.28. The number of piperidine rings is 1. The number of fused-ring (bicyclic) bond motifs is 1. The van der Waals surface area contributed by atoms with Crippen LogP contribution in [0.4, 0.5) is 0 Å². The van der Waals surface area contributed by atoms with Crippen molar-refractivity contribution >= 4 is 5.97 Å². The van der Waals surface area contributed by atoms with Gasteiger partial charge in [0.1, 0.15) is 11.3 Å². The van der Waals surface area contributed by atoms with Crippen LogP contribution in [0.15, 0.2) is 16.7 Å². The maximum absolute atomic E-state index is 11.7. The van der Waals surface area contributed by atoms with Crippen LogP contribution in [0.2, 0.25) is 0 Å². The lowest BCUT2D eigenvalue weighted by Gasteiger charge is -2.36.